The lowest BCUT2D eigenvalue weighted by molar-refractivity contribution is -0.137. The van der Waals surface area contributed by atoms with Gasteiger partial charge in [0.05, 0.1) is 21.9 Å². The maximum Gasteiger partial charge on any atom is 0.416 e. The number of carbonyl (C=O) groups excluding carboxylic acids is 1. The number of carbonyl (C=O) groups is 1. The second kappa shape index (κ2) is 10.8. The number of anilines is 2. The third kappa shape index (κ3) is 6.83. The summed E-state index contributed by atoms with van der Waals surface area (Å²) in [6.45, 7) is 3.36. The van der Waals surface area contributed by atoms with Gasteiger partial charge in [0.2, 0.25) is 0 Å². The highest BCUT2D eigenvalue weighted by molar-refractivity contribution is 7.91. The Balaban J connectivity index is 1.91. The number of aliphatic hydroxyl groups excluding tert-OH is 1. The summed E-state index contributed by atoms with van der Waals surface area (Å²) in [5, 5.41) is 18.1. The Hall–Kier alpha value is -2.89. The van der Waals surface area contributed by atoms with E-state index in [0.29, 0.717) is 5.56 Å². The first kappa shape index (κ1) is 26.7. The van der Waals surface area contributed by atoms with Crippen molar-refractivity contribution in [3.8, 4) is 11.1 Å². The number of hydrogen-bond donors (Lipinski definition) is 3. The highest BCUT2D eigenvalue weighted by Crippen LogP contribution is 2.34. The Morgan fingerprint density at radius 3 is 2.43 bits per heavy atom. The van der Waals surface area contributed by atoms with Crippen molar-refractivity contribution in [2.75, 3.05) is 23.0 Å². The molecule has 6 nitrogen and oxygen atoms in total. The van der Waals surface area contributed by atoms with Gasteiger partial charge in [0.1, 0.15) is 0 Å². The Morgan fingerprint density at radius 2 is 1.83 bits per heavy atom. The number of aliphatic hydroxyl groups is 1. The highest BCUT2D eigenvalue weighted by atomic mass is 32.2. The van der Waals surface area contributed by atoms with E-state index in [1.54, 1.807) is 12.1 Å². The number of benzene rings is 2. The van der Waals surface area contributed by atoms with Crippen LogP contribution in [0.25, 0.3) is 11.1 Å². The Labute approximate surface area is 205 Å². The van der Waals surface area contributed by atoms with Crippen molar-refractivity contribution in [2.24, 2.45) is 11.8 Å². The lowest BCUT2D eigenvalue weighted by Gasteiger charge is -2.19. The number of urea groups is 1. The van der Waals surface area contributed by atoms with Crippen LogP contribution in [0, 0.1) is 11.8 Å². The SMILES string of the molecule is CC(C)C(CO)CS(=O)(=O)c1ccc(-c2ccsc2)c(NC(=O)Nc2cccc(C(F)(F)F)c2)c1. The van der Waals surface area contributed by atoms with E-state index in [1.165, 1.54) is 35.6 Å². The summed E-state index contributed by atoms with van der Waals surface area (Å²) in [6, 6.07) is 9.49. The highest BCUT2D eigenvalue weighted by Gasteiger charge is 2.30. The van der Waals surface area contributed by atoms with Crippen LogP contribution in [0.4, 0.5) is 29.3 Å². The topological polar surface area (TPSA) is 95.5 Å². The summed E-state index contributed by atoms with van der Waals surface area (Å²) in [6.07, 6.45) is -4.56. The largest absolute Gasteiger partial charge is 0.416 e. The molecular weight excluding hydrogens is 501 g/mol. The van der Waals surface area contributed by atoms with Crippen molar-refractivity contribution in [1.82, 2.24) is 0 Å². The van der Waals surface area contributed by atoms with Gasteiger partial charge >= 0.3 is 12.2 Å². The van der Waals surface area contributed by atoms with Crippen LogP contribution in [0.2, 0.25) is 0 Å². The lowest BCUT2D eigenvalue weighted by atomic mass is 9.99. The molecule has 0 aliphatic rings. The molecule has 0 radical (unpaired) electrons. The van der Waals surface area contributed by atoms with E-state index < -0.39 is 33.5 Å². The molecule has 35 heavy (non-hydrogen) atoms. The predicted octanol–water partition coefficient (Wildman–Crippen LogP) is 6.12. The summed E-state index contributed by atoms with van der Waals surface area (Å²) >= 11 is 1.41. The van der Waals surface area contributed by atoms with Crippen molar-refractivity contribution in [2.45, 2.75) is 24.9 Å². The molecule has 1 unspecified atom stereocenters. The van der Waals surface area contributed by atoms with Gasteiger partial charge in [0, 0.05) is 17.9 Å². The van der Waals surface area contributed by atoms with Gasteiger partial charge in [-0.3, -0.25) is 0 Å². The van der Waals surface area contributed by atoms with Gasteiger partial charge in [-0.1, -0.05) is 26.0 Å². The van der Waals surface area contributed by atoms with Crippen molar-refractivity contribution in [3.63, 3.8) is 0 Å². The molecule has 0 aliphatic carbocycles. The molecule has 188 valence electrons. The van der Waals surface area contributed by atoms with Crippen molar-refractivity contribution in [3.05, 3.63) is 64.9 Å². The molecule has 3 rings (SSSR count). The van der Waals surface area contributed by atoms with E-state index in [1.807, 2.05) is 24.6 Å². The van der Waals surface area contributed by atoms with E-state index in [2.05, 4.69) is 10.6 Å². The van der Waals surface area contributed by atoms with Crippen LogP contribution < -0.4 is 10.6 Å². The fourth-order valence-electron chi connectivity index (χ4n) is 3.38. The quantitative estimate of drug-likeness (QED) is 0.330. The average Bonchev–Trinajstić information content (AvgIpc) is 3.31. The molecule has 0 spiro atoms. The Morgan fingerprint density at radius 1 is 1.09 bits per heavy atom. The third-order valence-corrected chi connectivity index (χ3v) is 8.01. The van der Waals surface area contributed by atoms with Gasteiger partial charge in [-0.25, -0.2) is 13.2 Å². The molecule has 0 bridgehead atoms. The smallest absolute Gasteiger partial charge is 0.396 e. The van der Waals surface area contributed by atoms with Crippen LogP contribution in [0.15, 0.2) is 64.2 Å². The predicted molar refractivity (Wildman–Crippen MR) is 131 cm³/mol. The molecule has 0 aliphatic heterocycles. The zero-order valence-corrected chi connectivity index (χ0v) is 20.6. The van der Waals surface area contributed by atoms with Crippen LogP contribution in [-0.4, -0.2) is 31.9 Å². The van der Waals surface area contributed by atoms with Crippen LogP contribution in [-0.2, 0) is 16.0 Å². The molecular formula is C24H25F3N2O4S2. The van der Waals surface area contributed by atoms with Gasteiger partial charge in [0.15, 0.2) is 9.84 Å². The van der Waals surface area contributed by atoms with Gasteiger partial charge in [-0.05, 0) is 64.6 Å². The molecule has 3 aromatic rings. The van der Waals surface area contributed by atoms with E-state index in [-0.39, 0.29) is 34.5 Å². The Kier molecular flexibility index (Phi) is 8.24. The average molecular weight is 527 g/mol. The van der Waals surface area contributed by atoms with Crippen molar-refractivity contribution < 1.29 is 31.5 Å². The first-order valence-electron chi connectivity index (χ1n) is 10.7. The summed E-state index contributed by atoms with van der Waals surface area (Å²) in [5.74, 6) is -0.790. The number of amides is 2. The van der Waals surface area contributed by atoms with Crippen LogP contribution in [0.1, 0.15) is 19.4 Å². The first-order valence-corrected chi connectivity index (χ1v) is 13.3. The zero-order valence-electron chi connectivity index (χ0n) is 19.0. The molecule has 3 N–H and O–H groups in total. The number of alkyl halides is 3. The molecule has 1 aromatic heterocycles. The summed E-state index contributed by atoms with van der Waals surface area (Å²) in [5.41, 5.74) is 0.488. The number of rotatable bonds is 8. The zero-order chi connectivity index (χ0) is 25.8. The van der Waals surface area contributed by atoms with Crippen LogP contribution in [0.5, 0.6) is 0 Å². The first-order chi connectivity index (χ1) is 16.4. The van der Waals surface area contributed by atoms with Gasteiger partial charge < -0.3 is 15.7 Å². The standard InChI is InChI=1S/C24H25F3N2O4S2/c1-15(2)17(12-30)14-35(32,33)20-6-7-21(16-8-9-34-13-16)22(11-20)29-23(31)28-19-5-3-4-18(10-19)24(25,26)27/h3-11,13,15,17,30H,12,14H2,1-2H3,(H2,28,29,31). The van der Waals surface area contributed by atoms with E-state index in [0.717, 1.165) is 17.7 Å². The maximum absolute atomic E-state index is 13.0. The summed E-state index contributed by atoms with van der Waals surface area (Å²) in [7, 11) is -3.80. The molecule has 1 heterocycles. The van der Waals surface area contributed by atoms with Gasteiger partial charge in [0.25, 0.3) is 0 Å². The summed E-state index contributed by atoms with van der Waals surface area (Å²) < 4.78 is 65.0. The monoisotopic (exact) mass is 526 g/mol. The van der Waals surface area contributed by atoms with Gasteiger partial charge in [-0.2, -0.15) is 24.5 Å². The van der Waals surface area contributed by atoms with Crippen LogP contribution >= 0.6 is 11.3 Å². The number of halogens is 3. The Bertz CT molecular complexity index is 1270. The third-order valence-electron chi connectivity index (χ3n) is 5.49. The minimum Gasteiger partial charge on any atom is -0.396 e. The lowest BCUT2D eigenvalue weighted by Crippen LogP contribution is -2.24. The van der Waals surface area contributed by atoms with Crippen molar-refractivity contribution in [1.29, 1.82) is 0 Å². The molecule has 11 heteroatoms. The summed E-state index contributed by atoms with van der Waals surface area (Å²) in [4.78, 5) is 12.6. The van der Waals surface area contributed by atoms with E-state index in [4.69, 9.17) is 0 Å². The van der Waals surface area contributed by atoms with Gasteiger partial charge in [-0.15, -0.1) is 0 Å². The molecule has 0 saturated carbocycles. The minimum atomic E-state index is -4.56. The van der Waals surface area contributed by atoms with Crippen LogP contribution in [0.3, 0.4) is 0 Å². The normalized spacial score (nSPS) is 13.0. The molecule has 2 amide bonds. The number of sulfone groups is 1. The number of nitrogens with one attached hydrogen (secondary N) is 2. The second-order valence-electron chi connectivity index (χ2n) is 8.35. The molecule has 0 saturated heterocycles. The van der Waals surface area contributed by atoms with E-state index in [9.17, 15) is 31.5 Å². The maximum atomic E-state index is 13.0. The minimum absolute atomic E-state index is 0.0371. The molecule has 2 aromatic carbocycles. The number of thiophene rings is 1. The fraction of sp³-hybridized carbons (Fsp3) is 0.292. The molecule has 0 fully saturated rings. The second-order valence-corrected chi connectivity index (χ2v) is 11.2. The van der Waals surface area contributed by atoms with Crippen molar-refractivity contribution >= 4 is 38.6 Å². The number of hydrogen-bond acceptors (Lipinski definition) is 5. The van der Waals surface area contributed by atoms with E-state index >= 15 is 0 Å². The molecule has 1 atom stereocenters. The fourth-order valence-corrected chi connectivity index (χ4v) is 5.86.